The number of aryl methyl sites for hydroxylation is 1. The van der Waals surface area contributed by atoms with Gasteiger partial charge in [-0.25, -0.2) is 9.97 Å². The number of carbonyl (C=O) groups excluding carboxylic acids is 2. The van der Waals surface area contributed by atoms with Gasteiger partial charge in [0.05, 0.1) is 21.7 Å². The lowest BCUT2D eigenvalue weighted by molar-refractivity contribution is -0.114. The van der Waals surface area contributed by atoms with E-state index in [0.717, 1.165) is 38.6 Å². The Kier molecular flexibility index (Phi) is 8.92. The minimum atomic E-state index is -0.149. The number of rotatable bonds is 11. The van der Waals surface area contributed by atoms with Crippen LogP contribution in [-0.2, 0) is 16.0 Å². The van der Waals surface area contributed by atoms with E-state index < -0.39 is 0 Å². The van der Waals surface area contributed by atoms with Crippen molar-refractivity contribution in [2.45, 2.75) is 29.3 Å². The molecule has 0 bridgehead atoms. The van der Waals surface area contributed by atoms with Crippen LogP contribution in [0.1, 0.15) is 18.9 Å². The second-order valence-electron chi connectivity index (χ2n) is 8.62. The number of amides is 2. The number of fused-ring (bicyclic) bond motifs is 1. The topological polar surface area (TPSA) is 113 Å². The molecule has 0 spiro atoms. The van der Waals surface area contributed by atoms with E-state index in [1.165, 1.54) is 40.4 Å². The number of hydrogen-bond acceptors (Lipinski definition) is 8. The van der Waals surface area contributed by atoms with Crippen LogP contribution in [-0.4, -0.2) is 43.5 Å². The van der Waals surface area contributed by atoms with Gasteiger partial charge < -0.3 is 10.6 Å². The van der Waals surface area contributed by atoms with Crippen LogP contribution in [0.2, 0.25) is 0 Å². The highest BCUT2D eigenvalue weighted by atomic mass is 32.2. The normalized spacial score (nSPS) is 11.0. The number of H-pyrrole nitrogens is 1. The zero-order valence-electron chi connectivity index (χ0n) is 21.1. The molecule has 0 saturated carbocycles. The molecular weight excluding hydrogens is 549 g/mol. The first-order valence-electron chi connectivity index (χ1n) is 12.4. The minimum absolute atomic E-state index is 0.0739. The van der Waals surface area contributed by atoms with Gasteiger partial charge in [-0.05, 0) is 42.3 Å². The van der Waals surface area contributed by atoms with E-state index in [1.54, 1.807) is 0 Å². The molecule has 2 amide bonds. The van der Waals surface area contributed by atoms with Crippen molar-refractivity contribution in [3.63, 3.8) is 0 Å². The van der Waals surface area contributed by atoms with Crippen molar-refractivity contribution in [3.8, 4) is 11.4 Å². The monoisotopic (exact) mass is 574 g/mol. The molecule has 39 heavy (non-hydrogen) atoms. The molecule has 0 aliphatic rings. The Morgan fingerprint density at radius 2 is 1.59 bits per heavy atom. The summed E-state index contributed by atoms with van der Waals surface area (Å²) >= 11 is 4.16. The molecule has 0 saturated heterocycles. The van der Waals surface area contributed by atoms with Crippen molar-refractivity contribution in [2.24, 2.45) is 0 Å². The molecule has 11 heteroatoms. The maximum absolute atomic E-state index is 12.5. The highest BCUT2D eigenvalue weighted by molar-refractivity contribution is 8.01. The van der Waals surface area contributed by atoms with Crippen molar-refractivity contribution < 1.29 is 9.59 Å². The summed E-state index contributed by atoms with van der Waals surface area (Å²) in [6.45, 7) is 2.15. The van der Waals surface area contributed by atoms with Crippen molar-refractivity contribution in [1.82, 2.24) is 20.2 Å². The lowest BCUT2D eigenvalue weighted by atomic mass is 10.1. The Labute approximate surface area is 238 Å². The quantitative estimate of drug-likeness (QED) is 0.154. The Balaban J connectivity index is 1.11. The summed E-state index contributed by atoms with van der Waals surface area (Å²) in [5.74, 6) is 0.898. The van der Waals surface area contributed by atoms with Crippen molar-refractivity contribution in [1.29, 1.82) is 0 Å². The molecule has 2 heterocycles. The van der Waals surface area contributed by atoms with Crippen molar-refractivity contribution in [3.05, 3.63) is 78.4 Å². The Hall–Kier alpha value is -3.67. The summed E-state index contributed by atoms with van der Waals surface area (Å²) in [6, 6.07) is 23.3. The summed E-state index contributed by atoms with van der Waals surface area (Å²) in [4.78, 5) is 34.0. The predicted octanol–water partition coefficient (Wildman–Crippen LogP) is 6.50. The van der Waals surface area contributed by atoms with E-state index in [1.807, 2.05) is 72.8 Å². The summed E-state index contributed by atoms with van der Waals surface area (Å²) < 4.78 is 1.74. The second kappa shape index (κ2) is 12.9. The molecule has 8 nitrogen and oxygen atoms in total. The average molecular weight is 575 g/mol. The maximum Gasteiger partial charge on any atom is 0.234 e. The maximum atomic E-state index is 12.5. The number of aromatic nitrogens is 4. The highest BCUT2D eigenvalue weighted by Crippen LogP contribution is 2.31. The van der Waals surface area contributed by atoms with Crippen LogP contribution in [0.4, 0.5) is 11.4 Å². The van der Waals surface area contributed by atoms with Gasteiger partial charge in [0.2, 0.25) is 17.0 Å². The van der Waals surface area contributed by atoms with E-state index in [2.05, 4.69) is 37.7 Å². The number of anilines is 2. The van der Waals surface area contributed by atoms with Gasteiger partial charge in [0.25, 0.3) is 0 Å². The summed E-state index contributed by atoms with van der Waals surface area (Å²) in [6.07, 6.45) is 2.13. The van der Waals surface area contributed by atoms with Gasteiger partial charge in [-0.3, -0.25) is 14.7 Å². The average Bonchev–Trinajstić information content (AvgIpc) is 3.59. The number of nitrogens with zero attached hydrogens (tertiary/aromatic N) is 3. The number of thiazole rings is 1. The molecule has 5 rings (SSSR count). The molecule has 5 aromatic rings. The van der Waals surface area contributed by atoms with Gasteiger partial charge in [-0.15, -0.1) is 16.4 Å². The van der Waals surface area contributed by atoms with Crippen LogP contribution >= 0.6 is 34.9 Å². The number of nitrogens with one attached hydrogen (secondary N) is 3. The van der Waals surface area contributed by atoms with Crippen LogP contribution in [0, 0.1) is 0 Å². The Morgan fingerprint density at radius 3 is 2.36 bits per heavy atom. The fraction of sp³-hybridized carbons (Fsp3) is 0.179. The number of thioether (sulfide) groups is 2. The van der Waals surface area contributed by atoms with Crippen LogP contribution in [0.15, 0.2) is 82.3 Å². The molecular formula is C28H26N6O2S3. The summed E-state index contributed by atoms with van der Waals surface area (Å²) in [5.41, 5.74) is 4.52. The number of carbonyl (C=O) groups is 2. The predicted molar refractivity (Wildman–Crippen MR) is 161 cm³/mol. The summed E-state index contributed by atoms with van der Waals surface area (Å²) in [5, 5.41) is 13.5. The van der Waals surface area contributed by atoms with Gasteiger partial charge in [0, 0.05) is 16.9 Å². The molecule has 0 fully saturated rings. The second-order valence-corrected chi connectivity index (χ2v) is 11.8. The lowest BCUT2D eigenvalue weighted by Gasteiger charge is -2.05. The first kappa shape index (κ1) is 26.9. The number of aromatic amines is 1. The van der Waals surface area contributed by atoms with E-state index in [9.17, 15) is 9.59 Å². The molecule has 198 valence electrons. The third kappa shape index (κ3) is 7.47. The molecule has 3 aromatic carbocycles. The van der Waals surface area contributed by atoms with Crippen molar-refractivity contribution in [2.75, 3.05) is 22.1 Å². The first-order chi connectivity index (χ1) is 19.1. The molecule has 2 aromatic heterocycles. The van der Waals surface area contributed by atoms with Gasteiger partial charge in [0.15, 0.2) is 10.2 Å². The number of benzene rings is 3. The molecule has 0 aliphatic carbocycles. The SMILES string of the molecule is CCCc1ccc(NC(=O)CSc2nc3ccc(NC(=O)CSc4n[nH]c(-c5ccccc5)n4)cc3s2)cc1. The largest absolute Gasteiger partial charge is 0.325 e. The summed E-state index contributed by atoms with van der Waals surface area (Å²) in [7, 11) is 0. The van der Waals surface area contributed by atoms with Crippen molar-refractivity contribution >= 4 is 68.3 Å². The van der Waals surface area contributed by atoms with E-state index in [0.29, 0.717) is 16.7 Å². The molecule has 3 N–H and O–H groups in total. The van der Waals surface area contributed by atoms with Crippen LogP contribution in [0.25, 0.3) is 21.6 Å². The minimum Gasteiger partial charge on any atom is -0.325 e. The molecule has 0 aliphatic heterocycles. The van der Waals surface area contributed by atoms with Gasteiger partial charge in [0.1, 0.15) is 0 Å². The van der Waals surface area contributed by atoms with Crippen LogP contribution in [0.5, 0.6) is 0 Å². The highest BCUT2D eigenvalue weighted by Gasteiger charge is 2.12. The third-order valence-electron chi connectivity index (χ3n) is 5.60. The van der Waals surface area contributed by atoms with Gasteiger partial charge in [-0.1, -0.05) is 79.3 Å². The molecule has 0 radical (unpaired) electrons. The third-order valence-corrected chi connectivity index (χ3v) is 8.61. The first-order valence-corrected chi connectivity index (χ1v) is 15.2. The van der Waals surface area contributed by atoms with Crippen LogP contribution < -0.4 is 10.6 Å². The fourth-order valence-electron chi connectivity index (χ4n) is 3.77. The molecule has 0 unspecified atom stereocenters. The van der Waals surface area contributed by atoms with E-state index in [-0.39, 0.29) is 23.3 Å². The van der Waals surface area contributed by atoms with Gasteiger partial charge in [-0.2, -0.15) is 0 Å². The smallest absolute Gasteiger partial charge is 0.234 e. The standard InChI is InChI=1S/C28H26N6O2S3/c1-2-6-18-9-11-20(12-10-18)29-25(36)17-38-28-31-22-14-13-21(15-23(22)39-28)30-24(35)16-37-27-32-26(33-34-27)19-7-4-3-5-8-19/h3-5,7-15H,2,6,16-17H2,1H3,(H,29,36)(H,30,35)(H,32,33,34). The zero-order chi connectivity index (χ0) is 27.0. The van der Waals surface area contributed by atoms with E-state index in [4.69, 9.17) is 0 Å². The Bertz CT molecular complexity index is 1570. The van der Waals surface area contributed by atoms with Gasteiger partial charge >= 0.3 is 0 Å². The number of hydrogen-bond donors (Lipinski definition) is 3. The molecule has 0 atom stereocenters. The Morgan fingerprint density at radius 1 is 0.872 bits per heavy atom. The zero-order valence-corrected chi connectivity index (χ0v) is 23.6. The van der Waals surface area contributed by atoms with Crippen LogP contribution in [0.3, 0.4) is 0 Å². The van der Waals surface area contributed by atoms with E-state index >= 15 is 0 Å². The lowest BCUT2D eigenvalue weighted by Crippen LogP contribution is -2.14. The fourth-order valence-corrected chi connectivity index (χ4v) is 6.28.